The van der Waals surface area contributed by atoms with Gasteiger partial charge in [0.25, 0.3) is 5.91 Å². The van der Waals surface area contributed by atoms with Crippen LogP contribution in [-0.2, 0) is 0 Å². The molecule has 1 aromatic carbocycles. The number of halogens is 2. The molecule has 0 spiro atoms. The zero-order chi connectivity index (χ0) is 12.8. The zero-order valence-electron chi connectivity index (χ0n) is 9.80. The lowest BCUT2D eigenvalue weighted by Gasteiger charge is -2.09. The summed E-state index contributed by atoms with van der Waals surface area (Å²) in [6.07, 6.45) is 2.91. The summed E-state index contributed by atoms with van der Waals surface area (Å²) in [4.78, 5) is 11.7. The molecule has 94 valence electrons. The van der Waals surface area contributed by atoms with Crippen LogP contribution in [0, 0.1) is 5.82 Å². The van der Waals surface area contributed by atoms with Gasteiger partial charge < -0.3 is 5.32 Å². The van der Waals surface area contributed by atoms with E-state index < -0.39 is 5.82 Å². The molecule has 1 amide bonds. The van der Waals surface area contributed by atoms with Gasteiger partial charge in [0, 0.05) is 11.8 Å². The molecule has 2 nitrogen and oxygen atoms in total. The van der Waals surface area contributed by atoms with Crippen molar-refractivity contribution in [2.24, 2.45) is 0 Å². The SMILES string of the molecule is CSC(C)CCNC(=O)c1cccc(Br)c1F. The molecule has 0 aliphatic rings. The van der Waals surface area contributed by atoms with Crippen molar-refractivity contribution in [3.05, 3.63) is 34.1 Å². The quantitative estimate of drug-likeness (QED) is 0.900. The second-order valence-corrected chi connectivity index (χ2v) is 5.82. The van der Waals surface area contributed by atoms with E-state index in [0.29, 0.717) is 16.3 Å². The third kappa shape index (κ3) is 4.32. The van der Waals surface area contributed by atoms with Crippen LogP contribution in [0.2, 0.25) is 0 Å². The number of carbonyl (C=O) groups excluding carboxylic acids is 1. The Balaban J connectivity index is 2.56. The first kappa shape index (κ1) is 14.5. The number of rotatable bonds is 5. The molecule has 0 saturated carbocycles. The molecule has 17 heavy (non-hydrogen) atoms. The highest BCUT2D eigenvalue weighted by atomic mass is 79.9. The number of thioether (sulfide) groups is 1. The number of amides is 1. The van der Waals surface area contributed by atoms with E-state index >= 15 is 0 Å². The van der Waals surface area contributed by atoms with Crippen LogP contribution in [0.25, 0.3) is 0 Å². The van der Waals surface area contributed by atoms with Gasteiger partial charge in [-0.1, -0.05) is 13.0 Å². The number of benzene rings is 1. The largest absolute Gasteiger partial charge is 0.352 e. The molecule has 0 radical (unpaired) electrons. The summed E-state index contributed by atoms with van der Waals surface area (Å²) in [5.74, 6) is -0.875. The first-order chi connectivity index (χ1) is 8.06. The molecule has 0 heterocycles. The molecule has 0 saturated heterocycles. The highest BCUT2D eigenvalue weighted by molar-refractivity contribution is 9.10. The third-order valence-corrected chi connectivity index (χ3v) is 4.09. The molecule has 0 aliphatic carbocycles. The molecule has 0 aliphatic heterocycles. The number of carbonyl (C=O) groups is 1. The van der Waals surface area contributed by atoms with Crippen LogP contribution in [0.5, 0.6) is 0 Å². The van der Waals surface area contributed by atoms with E-state index in [-0.39, 0.29) is 11.5 Å². The third-order valence-electron chi connectivity index (χ3n) is 2.44. The molecule has 0 bridgehead atoms. The predicted octanol–water partition coefficient (Wildman–Crippen LogP) is 3.46. The minimum atomic E-state index is -0.511. The molecule has 5 heteroatoms. The van der Waals surface area contributed by atoms with Gasteiger partial charge in [-0.3, -0.25) is 4.79 Å². The Morgan fingerprint density at radius 3 is 2.94 bits per heavy atom. The molecule has 1 unspecified atom stereocenters. The Morgan fingerprint density at radius 1 is 1.59 bits per heavy atom. The van der Waals surface area contributed by atoms with Crippen molar-refractivity contribution >= 4 is 33.6 Å². The van der Waals surface area contributed by atoms with Crippen LogP contribution in [0.15, 0.2) is 22.7 Å². The van der Waals surface area contributed by atoms with Crippen LogP contribution >= 0.6 is 27.7 Å². The average molecular weight is 320 g/mol. The smallest absolute Gasteiger partial charge is 0.254 e. The van der Waals surface area contributed by atoms with Crippen molar-refractivity contribution < 1.29 is 9.18 Å². The van der Waals surface area contributed by atoms with Gasteiger partial charge >= 0.3 is 0 Å². The lowest BCUT2D eigenvalue weighted by Crippen LogP contribution is -2.26. The van der Waals surface area contributed by atoms with Crippen molar-refractivity contribution in [1.29, 1.82) is 0 Å². The van der Waals surface area contributed by atoms with Crippen LogP contribution < -0.4 is 5.32 Å². The Hall–Kier alpha value is -0.550. The second kappa shape index (κ2) is 7.01. The fraction of sp³-hybridized carbons (Fsp3) is 0.417. The van der Waals surface area contributed by atoms with Gasteiger partial charge in [-0.25, -0.2) is 4.39 Å². The summed E-state index contributed by atoms with van der Waals surface area (Å²) in [6, 6.07) is 4.70. The minimum absolute atomic E-state index is 0.0798. The predicted molar refractivity (Wildman–Crippen MR) is 74.0 cm³/mol. The highest BCUT2D eigenvalue weighted by Gasteiger charge is 2.13. The molecule has 0 fully saturated rings. The first-order valence-electron chi connectivity index (χ1n) is 5.31. The van der Waals surface area contributed by atoms with Crippen molar-refractivity contribution in [1.82, 2.24) is 5.32 Å². The van der Waals surface area contributed by atoms with Crippen LogP contribution in [0.1, 0.15) is 23.7 Å². The summed E-state index contributed by atoms with van der Waals surface area (Å²) >= 11 is 4.80. The summed E-state index contributed by atoms with van der Waals surface area (Å²) in [5.41, 5.74) is 0.0798. The topological polar surface area (TPSA) is 29.1 Å². The molecule has 0 aromatic heterocycles. The zero-order valence-corrected chi connectivity index (χ0v) is 12.2. The van der Waals surface area contributed by atoms with Gasteiger partial charge in [0.2, 0.25) is 0 Å². The van der Waals surface area contributed by atoms with Gasteiger partial charge in [0.1, 0.15) is 5.82 Å². The van der Waals surface area contributed by atoms with Gasteiger partial charge in [-0.2, -0.15) is 11.8 Å². The van der Waals surface area contributed by atoms with E-state index in [4.69, 9.17) is 0 Å². The van der Waals surface area contributed by atoms with E-state index in [1.807, 2.05) is 6.26 Å². The molecule has 1 atom stereocenters. The van der Waals surface area contributed by atoms with E-state index in [1.165, 1.54) is 6.07 Å². The van der Waals surface area contributed by atoms with Crippen LogP contribution in [0.3, 0.4) is 0 Å². The summed E-state index contributed by atoms with van der Waals surface area (Å²) < 4.78 is 13.9. The molecular weight excluding hydrogens is 305 g/mol. The second-order valence-electron chi connectivity index (χ2n) is 3.69. The lowest BCUT2D eigenvalue weighted by molar-refractivity contribution is 0.0949. The van der Waals surface area contributed by atoms with E-state index in [9.17, 15) is 9.18 Å². The molecule has 1 rings (SSSR count). The standard InChI is InChI=1S/C12H15BrFNOS/c1-8(17-2)6-7-15-12(16)9-4-3-5-10(13)11(9)14/h3-5,8H,6-7H2,1-2H3,(H,15,16). The average Bonchev–Trinajstić information content (AvgIpc) is 2.32. The maximum atomic E-state index is 13.6. The van der Waals surface area contributed by atoms with E-state index in [0.717, 1.165) is 6.42 Å². The Morgan fingerprint density at radius 2 is 2.29 bits per heavy atom. The van der Waals surface area contributed by atoms with Crippen molar-refractivity contribution in [3.8, 4) is 0 Å². The van der Waals surface area contributed by atoms with Crippen molar-refractivity contribution in [2.45, 2.75) is 18.6 Å². The monoisotopic (exact) mass is 319 g/mol. The first-order valence-corrected chi connectivity index (χ1v) is 7.39. The van der Waals surface area contributed by atoms with Gasteiger partial charge in [-0.05, 0) is 40.7 Å². The Kier molecular flexibility index (Phi) is 5.98. The molecular formula is C12H15BrFNOS. The van der Waals surface area contributed by atoms with E-state index in [1.54, 1.807) is 23.9 Å². The van der Waals surface area contributed by atoms with Gasteiger partial charge in [-0.15, -0.1) is 0 Å². The Labute approximate surface area is 113 Å². The number of hydrogen-bond acceptors (Lipinski definition) is 2. The minimum Gasteiger partial charge on any atom is -0.352 e. The fourth-order valence-corrected chi connectivity index (χ4v) is 2.00. The number of nitrogens with one attached hydrogen (secondary N) is 1. The van der Waals surface area contributed by atoms with Crippen molar-refractivity contribution in [3.63, 3.8) is 0 Å². The van der Waals surface area contributed by atoms with Crippen molar-refractivity contribution in [2.75, 3.05) is 12.8 Å². The fourth-order valence-electron chi connectivity index (χ4n) is 1.28. The molecule has 1 N–H and O–H groups in total. The lowest BCUT2D eigenvalue weighted by atomic mass is 10.2. The van der Waals surface area contributed by atoms with Gasteiger partial charge in [0.05, 0.1) is 10.0 Å². The maximum Gasteiger partial charge on any atom is 0.254 e. The molecule has 1 aromatic rings. The number of hydrogen-bond donors (Lipinski definition) is 1. The highest BCUT2D eigenvalue weighted by Crippen LogP contribution is 2.18. The summed E-state index contributed by atoms with van der Waals surface area (Å²) in [7, 11) is 0. The normalized spacial score (nSPS) is 12.2. The van der Waals surface area contributed by atoms with E-state index in [2.05, 4.69) is 28.2 Å². The Bertz CT molecular complexity index is 400. The van der Waals surface area contributed by atoms with Crippen LogP contribution in [-0.4, -0.2) is 24.0 Å². The maximum absolute atomic E-state index is 13.6. The summed E-state index contributed by atoms with van der Waals surface area (Å²) in [6.45, 7) is 2.66. The van der Waals surface area contributed by atoms with Crippen LogP contribution in [0.4, 0.5) is 4.39 Å². The summed E-state index contributed by atoms with van der Waals surface area (Å²) in [5, 5.41) is 3.21. The van der Waals surface area contributed by atoms with Gasteiger partial charge in [0.15, 0.2) is 0 Å².